The molecule has 3 nitrogen and oxygen atoms in total. The summed E-state index contributed by atoms with van der Waals surface area (Å²) in [6.07, 6.45) is 0. The van der Waals surface area contributed by atoms with E-state index in [1.807, 2.05) is 24.4 Å². The first-order chi connectivity index (χ1) is 11.4. The van der Waals surface area contributed by atoms with Gasteiger partial charge in [-0.05, 0) is 36.8 Å². The van der Waals surface area contributed by atoms with Crippen molar-refractivity contribution in [2.24, 2.45) is 5.92 Å². The summed E-state index contributed by atoms with van der Waals surface area (Å²) in [6, 6.07) is 12.0. The summed E-state index contributed by atoms with van der Waals surface area (Å²) in [6.45, 7) is 6.33. The molecule has 0 aliphatic heterocycles. The fraction of sp³-hybridized carbons (Fsp3) is 0.316. The number of amides is 1. The highest BCUT2D eigenvalue weighted by Gasteiger charge is 2.20. The minimum atomic E-state index is -0.254. The number of quaternary nitrogens is 1. The number of hydrogen-bond donors (Lipinski definition) is 2. The number of anilines is 1. The summed E-state index contributed by atoms with van der Waals surface area (Å²) in [4.78, 5) is 12.2. The molecule has 0 bridgehead atoms. The molecule has 1 amide bonds. The Morgan fingerprint density at radius 1 is 1.21 bits per heavy atom. The predicted molar refractivity (Wildman–Crippen MR) is 95.6 cm³/mol. The first kappa shape index (κ1) is 18.4. The van der Waals surface area contributed by atoms with Gasteiger partial charge in [0.15, 0.2) is 6.54 Å². The highest BCUT2D eigenvalue weighted by Crippen LogP contribution is 2.22. The average Bonchev–Trinajstić information content (AvgIpc) is 2.53. The van der Waals surface area contributed by atoms with E-state index in [1.165, 1.54) is 12.1 Å². The Morgan fingerprint density at radius 2 is 1.88 bits per heavy atom. The van der Waals surface area contributed by atoms with Crippen LogP contribution in [-0.4, -0.2) is 12.5 Å². The standard InChI is InChI=1S/C19H22ClFN2O/c1-12(2)19(14-7-9-15(21)10-8-14)22-11-18(24)23-17-6-4-5-16(20)13(17)3/h4-10,12,19,22H,11H2,1-3H3,(H,23,24)/p+1/t19-/m1/s1. The Balaban J connectivity index is 2.00. The highest BCUT2D eigenvalue weighted by atomic mass is 35.5. The van der Waals surface area contributed by atoms with Crippen molar-refractivity contribution in [3.05, 3.63) is 64.4 Å². The van der Waals surface area contributed by atoms with Crippen molar-refractivity contribution in [1.29, 1.82) is 0 Å². The number of nitrogens with one attached hydrogen (secondary N) is 1. The van der Waals surface area contributed by atoms with Crippen molar-refractivity contribution in [1.82, 2.24) is 0 Å². The Labute approximate surface area is 147 Å². The zero-order valence-corrected chi connectivity index (χ0v) is 14.9. The predicted octanol–water partition coefficient (Wildman–Crippen LogP) is 3.69. The van der Waals surface area contributed by atoms with Crippen LogP contribution in [0, 0.1) is 18.7 Å². The van der Waals surface area contributed by atoms with Crippen molar-refractivity contribution in [2.75, 3.05) is 11.9 Å². The van der Waals surface area contributed by atoms with Gasteiger partial charge in [0.05, 0.1) is 0 Å². The molecule has 0 heterocycles. The maximum absolute atomic E-state index is 13.1. The van der Waals surface area contributed by atoms with Crippen LogP contribution in [0.25, 0.3) is 0 Å². The van der Waals surface area contributed by atoms with E-state index in [9.17, 15) is 9.18 Å². The summed E-state index contributed by atoms with van der Waals surface area (Å²) in [7, 11) is 0. The third-order valence-electron chi connectivity index (χ3n) is 4.07. The average molecular weight is 350 g/mol. The maximum Gasteiger partial charge on any atom is 0.279 e. The van der Waals surface area contributed by atoms with E-state index in [4.69, 9.17) is 11.6 Å². The van der Waals surface area contributed by atoms with Gasteiger partial charge < -0.3 is 10.6 Å². The summed E-state index contributed by atoms with van der Waals surface area (Å²) < 4.78 is 13.1. The molecular formula is C19H23ClFN2O+. The zero-order valence-electron chi connectivity index (χ0n) is 14.1. The summed E-state index contributed by atoms with van der Waals surface area (Å²) in [5.74, 6) is -0.0280. The molecule has 0 aliphatic rings. The molecule has 5 heteroatoms. The van der Waals surface area contributed by atoms with Gasteiger partial charge in [-0.15, -0.1) is 0 Å². The van der Waals surface area contributed by atoms with Gasteiger partial charge in [-0.1, -0.05) is 43.6 Å². The summed E-state index contributed by atoms with van der Waals surface area (Å²) in [5, 5.41) is 5.50. The van der Waals surface area contributed by atoms with Crippen LogP contribution in [0.3, 0.4) is 0 Å². The van der Waals surface area contributed by atoms with Gasteiger partial charge in [-0.2, -0.15) is 0 Å². The molecule has 1 atom stereocenters. The Kier molecular flexibility index (Phi) is 6.35. The number of nitrogens with two attached hydrogens (primary N) is 1. The van der Waals surface area contributed by atoms with Crippen LogP contribution < -0.4 is 10.6 Å². The molecule has 3 N–H and O–H groups in total. The fourth-order valence-corrected chi connectivity index (χ4v) is 2.83. The second kappa shape index (κ2) is 8.27. The lowest BCUT2D eigenvalue weighted by Crippen LogP contribution is -2.88. The van der Waals surface area contributed by atoms with Gasteiger partial charge in [0.2, 0.25) is 0 Å². The van der Waals surface area contributed by atoms with E-state index in [1.54, 1.807) is 18.2 Å². The minimum absolute atomic E-state index is 0.0897. The third kappa shape index (κ3) is 4.79. The van der Waals surface area contributed by atoms with E-state index in [0.717, 1.165) is 16.8 Å². The van der Waals surface area contributed by atoms with E-state index < -0.39 is 0 Å². The van der Waals surface area contributed by atoms with Crippen LogP contribution >= 0.6 is 11.6 Å². The van der Waals surface area contributed by atoms with E-state index >= 15 is 0 Å². The largest absolute Gasteiger partial charge is 0.332 e. The molecule has 0 unspecified atom stereocenters. The molecule has 24 heavy (non-hydrogen) atoms. The molecule has 0 aliphatic carbocycles. The number of halogens is 2. The van der Waals surface area contributed by atoms with Gasteiger partial charge in [0.25, 0.3) is 5.91 Å². The lowest BCUT2D eigenvalue weighted by molar-refractivity contribution is -0.692. The molecule has 0 saturated carbocycles. The SMILES string of the molecule is Cc1c(Cl)cccc1NC(=O)C[NH2+][C@@H](c1ccc(F)cc1)C(C)C. The molecule has 0 fully saturated rings. The number of benzene rings is 2. The van der Waals surface area contributed by atoms with Crippen LogP contribution in [0.15, 0.2) is 42.5 Å². The molecule has 128 valence electrons. The van der Waals surface area contributed by atoms with Crippen molar-refractivity contribution in [3.63, 3.8) is 0 Å². The maximum atomic E-state index is 13.1. The van der Waals surface area contributed by atoms with Crippen molar-refractivity contribution in [2.45, 2.75) is 26.8 Å². The smallest absolute Gasteiger partial charge is 0.279 e. The number of rotatable bonds is 6. The Bertz CT molecular complexity index is 701. The third-order valence-corrected chi connectivity index (χ3v) is 4.48. The molecule has 2 rings (SSSR count). The first-order valence-corrected chi connectivity index (χ1v) is 8.40. The van der Waals surface area contributed by atoms with Crippen LogP contribution in [0.5, 0.6) is 0 Å². The second-order valence-electron chi connectivity index (χ2n) is 6.22. The van der Waals surface area contributed by atoms with Crippen molar-refractivity contribution in [3.8, 4) is 0 Å². The van der Waals surface area contributed by atoms with Crippen LogP contribution in [-0.2, 0) is 4.79 Å². The molecule has 0 spiro atoms. The minimum Gasteiger partial charge on any atom is -0.332 e. The topological polar surface area (TPSA) is 45.7 Å². The van der Waals surface area contributed by atoms with Gasteiger partial charge >= 0.3 is 0 Å². The lowest BCUT2D eigenvalue weighted by Gasteiger charge is -2.19. The van der Waals surface area contributed by atoms with Crippen LogP contribution in [0.2, 0.25) is 5.02 Å². The van der Waals surface area contributed by atoms with Gasteiger partial charge in [-0.3, -0.25) is 4.79 Å². The number of hydrogen-bond acceptors (Lipinski definition) is 1. The number of carbonyl (C=O) groups is 1. The van der Waals surface area contributed by atoms with Gasteiger partial charge in [0.1, 0.15) is 11.9 Å². The molecule has 0 saturated heterocycles. The van der Waals surface area contributed by atoms with Crippen molar-refractivity contribution >= 4 is 23.2 Å². The van der Waals surface area contributed by atoms with Crippen LogP contribution in [0.4, 0.5) is 10.1 Å². The Hall–Kier alpha value is -1.91. The van der Waals surface area contributed by atoms with E-state index in [0.29, 0.717) is 10.9 Å². The lowest BCUT2D eigenvalue weighted by atomic mass is 9.96. The molecule has 2 aromatic rings. The number of carbonyl (C=O) groups excluding carboxylic acids is 1. The summed E-state index contributed by atoms with van der Waals surface area (Å²) in [5.41, 5.74) is 2.59. The molecule has 2 aromatic carbocycles. The summed E-state index contributed by atoms with van der Waals surface area (Å²) >= 11 is 6.07. The molecular weight excluding hydrogens is 327 g/mol. The van der Waals surface area contributed by atoms with Gasteiger partial charge in [0, 0.05) is 22.2 Å². The second-order valence-corrected chi connectivity index (χ2v) is 6.63. The monoisotopic (exact) mass is 349 g/mol. The highest BCUT2D eigenvalue weighted by molar-refractivity contribution is 6.31. The zero-order chi connectivity index (χ0) is 17.7. The fourth-order valence-electron chi connectivity index (χ4n) is 2.66. The normalized spacial score (nSPS) is 12.2. The molecule has 0 radical (unpaired) electrons. The van der Waals surface area contributed by atoms with E-state index in [-0.39, 0.29) is 24.3 Å². The van der Waals surface area contributed by atoms with Gasteiger partial charge in [-0.25, -0.2) is 4.39 Å². The first-order valence-electron chi connectivity index (χ1n) is 8.02. The van der Waals surface area contributed by atoms with Crippen molar-refractivity contribution < 1.29 is 14.5 Å². The molecule has 0 aromatic heterocycles. The quantitative estimate of drug-likeness (QED) is 0.821. The Morgan fingerprint density at radius 3 is 2.50 bits per heavy atom. The van der Waals surface area contributed by atoms with Crippen LogP contribution in [0.1, 0.15) is 31.0 Å². The van der Waals surface area contributed by atoms with E-state index in [2.05, 4.69) is 19.2 Å².